The highest BCUT2D eigenvalue weighted by Crippen LogP contribution is 2.42. The molecule has 1 aliphatic rings. The van der Waals surface area contributed by atoms with Gasteiger partial charge in [0.2, 0.25) is 5.91 Å². The predicted octanol–water partition coefficient (Wildman–Crippen LogP) is 1.58. The molecule has 1 amide bonds. The first-order valence-electron chi connectivity index (χ1n) is 7.31. The molecule has 2 N–H and O–H groups in total. The van der Waals surface area contributed by atoms with E-state index in [-0.39, 0.29) is 17.7 Å². The first kappa shape index (κ1) is 15.5. The van der Waals surface area contributed by atoms with Crippen molar-refractivity contribution >= 4 is 11.9 Å². The zero-order valence-corrected chi connectivity index (χ0v) is 12.3. The van der Waals surface area contributed by atoms with Crippen molar-refractivity contribution in [3.63, 3.8) is 0 Å². The van der Waals surface area contributed by atoms with Gasteiger partial charge in [-0.3, -0.25) is 14.7 Å². The summed E-state index contributed by atoms with van der Waals surface area (Å²) in [6.45, 7) is 0.363. The average Bonchev–Trinajstić information content (AvgIpc) is 2.91. The Labute approximate surface area is 123 Å². The zero-order valence-electron chi connectivity index (χ0n) is 12.3. The molecule has 2 rings (SSSR count). The van der Waals surface area contributed by atoms with E-state index in [0.717, 1.165) is 32.1 Å². The zero-order chi connectivity index (χ0) is 15.3. The van der Waals surface area contributed by atoms with Crippen LogP contribution in [0.1, 0.15) is 50.8 Å². The highest BCUT2D eigenvalue weighted by atomic mass is 16.4. The molecule has 0 aromatic carbocycles. The lowest BCUT2D eigenvalue weighted by molar-refractivity contribution is -0.142. The van der Waals surface area contributed by atoms with Crippen LogP contribution in [0.4, 0.5) is 0 Å². The number of amides is 1. The standard InChI is InChI=1S/C14H22N4O3/c1-18(9-11-15-10-16-17-11)12(19)7-14(8-13(20)21)5-3-2-4-6-14/h10H,2-9H2,1H3,(H,20,21)(H,15,16,17). The number of carbonyl (C=O) groups excluding carboxylic acids is 1. The Balaban J connectivity index is 1.98. The van der Waals surface area contributed by atoms with Crippen molar-refractivity contribution in [2.24, 2.45) is 5.41 Å². The van der Waals surface area contributed by atoms with Gasteiger partial charge >= 0.3 is 5.97 Å². The van der Waals surface area contributed by atoms with Gasteiger partial charge in [0.15, 0.2) is 0 Å². The Morgan fingerprint density at radius 2 is 2.05 bits per heavy atom. The number of aliphatic carboxylic acids is 1. The van der Waals surface area contributed by atoms with Crippen LogP contribution in [0.5, 0.6) is 0 Å². The molecule has 7 nitrogen and oxygen atoms in total. The summed E-state index contributed by atoms with van der Waals surface area (Å²) in [7, 11) is 1.71. The van der Waals surface area contributed by atoms with E-state index in [0.29, 0.717) is 18.8 Å². The monoisotopic (exact) mass is 294 g/mol. The summed E-state index contributed by atoms with van der Waals surface area (Å²) in [5.74, 6) is -0.223. The van der Waals surface area contributed by atoms with E-state index in [4.69, 9.17) is 5.11 Å². The number of hydrogen-bond acceptors (Lipinski definition) is 4. The minimum absolute atomic E-state index is 0.0328. The number of nitrogens with zero attached hydrogens (tertiary/aromatic N) is 3. The number of rotatable bonds is 6. The van der Waals surface area contributed by atoms with Crippen LogP contribution in [0, 0.1) is 5.41 Å². The van der Waals surface area contributed by atoms with Crippen molar-refractivity contribution in [1.29, 1.82) is 0 Å². The number of H-pyrrole nitrogens is 1. The third-order valence-electron chi connectivity index (χ3n) is 4.24. The Morgan fingerprint density at radius 1 is 1.33 bits per heavy atom. The van der Waals surface area contributed by atoms with Crippen molar-refractivity contribution in [2.45, 2.75) is 51.5 Å². The van der Waals surface area contributed by atoms with Crippen LogP contribution >= 0.6 is 0 Å². The molecule has 21 heavy (non-hydrogen) atoms. The second-order valence-corrected chi connectivity index (χ2v) is 5.99. The van der Waals surface area contributed by atoms with Crippen LogP contribution in [-0.4, -0.2) is 44.1 Å². The van der Waals surface area contributed by atoms with Gasteiger partial charge < -0.3 is 10.0 Å². The summed E-state index contributed by atoms with van der Waals surface area (Å²) in [5, 5.41) is 15.6. The van der Waals surface area contributed by atoms with Crippen molar-refractivity contribution < 1.29 is 14.7 Å². The van der Waals surface area contributed by atoms with Gasteiger partial charge in [0.25, 0.3) is 0 Å². The summed E-state index contributed by atoms with van der Waals surface area (Å²) in [6.07, 6.45) is 6.56. The largest absolute Gasteiger partial charge is 0.481 e. The first-order chi connectivity index (χ1) is 10.0. The lowest BCUT2D eigenvalue weighted by Gasteiger charge is -2.36. The number of nitrogens with one attached hydrogen (secondary N) is 1. The molecule has 0 radical (unpaired) electrons. The summed E-state index contributed by atoms with van der Waals surface area (Å²) < 4.78 is 0. The van der Waals surface area contributed by atoms with Gasteiger partial charge in [-0.15, -0.1) is 0 Å². The number of carbonyl (C=O) groups is 2. The molecule has 0 bridgehead atoms. The Hall–Kier alpha value is -1.92. The van der Waals surface area contributed by atoms with E-state index >= 15 is 0 Å². The number of aromatic nitrogens is 3. The third-order valence-corrected chi connectivity index (χ3v) is 4.24. The normalized spacial score (nSPS) is 17.4. The molecule has 0 aliphatic heterocycles. The van der Waals surface area contributed by atoms with Gasteiger partial charge in [-0.2, -0.15) is 5.10 Å². The lowest BCUT2D eigenvalue weighted by atomic mass is 9.69. The van der Waals surface area contributed by atoms with Crippen molar-refractivity contribution in [3.05, 3.63) is 12.2 Å². The summed E-state index contributed by atoms with van der Waals surface area (Å²) in [6, 6.07) is 0. The number of aromatic amines is 1. The summed E-state index contributed by atoms with van der Waals surface area (Å²) >= 11 is 0. The quantitative estimate of drug-likeness (QED) is 0.829. The maximum absolute atomic E-state index is 12.4. The molecule has 1 saturated carbocycles. The number of carboxylic acid groups (broad SMARTS) is 1. The van der Waals surface area contributed by atoms with E-state index < -0.39 is 5.97 Å². The molecule has 7 heteroatoms. The molecule has 116 valence electrons. The van der Waals surface area contributed by atoms with Crippen LogP contribution in [0.15, 0.2) is 6.33 Å². The second-order valence-electron chi connectivity index (χ2n) is 5.99. The van der Waals surface area contributed by atoms with Crippen LogP contribution in [-0.2, 0) is 16.1 Å². The van der Waals surface area contributed by atoms with Crippen molar-refractivity contribution in [1.82, 2.24) is 20.1 Å². The molecule has 1 aromatic rings. The maximum atomic E-state index is 12.4. The fourth-order valence-electron chi connectivity index (χ4n) is 3.11. The van der Waals surface area contributed by atoms with Crippen LogP contribution in [0.3, 0.4) is 0 Å². The summed E-state index contributed by atoms with van der Waals surface area (Å²) in [4.78, 5) is 29.1. The van der Waals surface area contributed by atoms with Crippen LogP contribution < -0.4 is 0 Å². The number of carboxylic acids is 1. The van der Waals surface area contributed by atoms with E-state index in [9.17, 15) is 9.59 Å². The fraction of sp³-hybridized carbons (Fsp3) is 0.714. The third kappa shape index (κ3) is 4.27. The van der Waals surface area contributed by atoms with Gasteiger partial charge in [0, 0.05) is 13.5 Å². The predicted molar refractivity (Wildman–Crippen MR) is 75.2 cm³/mol. The molecule has 0 unspecified atom stereocenters. The molecule has 0 atom stereocenters. The smallest absolute Gasteiger partial charge is 0.303 e. The molecule has 1 heterocycles. The molecule has 1 aromatic heterocycles. The van der Waals surface area contributed by atoms with Crippen LogP contribution in [0.2, 0.25) is 0 Å². The van der Waals surface area contributed by atoms with E-state index in [2.05, 4.69) is 15.2 Å². The van der Waals surface area contributed by atoms with Gasteiger partial charge in [-0.05, 0) is 18.3 Å². The molecular formula is C14H22N4O3. The Bertz CT molecular complexity index is 480. The fourth-order valence-corrected chi connectivity index (χ4v) is 3.11. The van der Waals surface area contributed by atoms with Gasteiger partial charge in [0.05, 0.1) is 13.0 Å². The maximum Gasteiger partial charge on any atom is 0.303 e. The topological polar surface area (TPSA) is 99.2 Å². The molecule has 0 saturated heterocycles. The SMILES string of the molecule is CN(Cc1ncn[nH]1)C(=O)CC1(CC(=O)O)CCCCC1. The van der Waals surface area contributed by atoms with Gasteiger partial charge in [-0.1, -0.05) is 19.3 Å². The van der Waals surface area contributed by atoms with Crippen molar-refractivity contribution in [3.8, 4) is 0 Å². The van der Waals surface area contributed by atoms with Gasteiger partial charge in [0.1, 0.15) is 12.2 Å². The Kier molecular flexibility index (Phi) is 4.93. The number of hydrogen-bond donors (Lipinski definition) is 2. The molecule has 1 aliphatic carbocycles. The first-order valence-corrected chi connectivity index (χ1v) is 7.31. The van der Waals surface area contributed by atoms with E-state index in [1.54, 1.807) is 11.9 Å². The molecule has 0 spiro atoms. The Morgan fingerprint density at radius 3 is 2.62 bits per heavy atom. The van der Waals surface area contributed by atoms with Gasteiger partial charge in [-0.25, -0.2) is 4.98 Å². The highest BCUT2D eigenvalue weighted by Gasteiger charge is 2.37. The second kappa shape index (κ2) is 6.69. The highest BCUT2D eigenvalue weighted by molar-refractivity contribution is 5.78. The molecule has 1 fully saturated rings. The summed E-state index contributed by atoms with van der Waals surface area (Å²) in [5.41, 5.74) is -0.378. The lowest BCUT2D eigenvalue weighted by Crippen LogP contribution is -2.36. The molecular weight excluding hydrogens is 272 g/mol. The van der Waals surface area contributed by atoms with Crippen LogP contribution in [0.25, 0.3) is 0 Å². The van der Waals surface area contributed by atoms with E-state index in [1.807, 2.05) is 0 Å². The average molecular weight is 294 g/mol. The van der Waals surface area contributed by atoms with Crippen molar-refractivity contribution in [2.75, 3.05) is 7.05 Å². The minimum Gasteiger partial charge on any atom is -0.481 e. The van der Waals surface area contributed by atoms with E-state index in [1.165, 1.54) is 6.33 Å². The minimum atomic E-state index is -0.817.